The van der Waals surface area contributed by atoms with Crippen LogP contribution in [0, 0.1) is 6.92 Å². The van der Waals surface area contributed by atoms with E-state index in [9.17, 15) is 9.90 Å². The Morgan fingerprint density at radius 2 is 1.76 bits per heavy atom. The summed E-state index contributed by atoms with van der Waals surface area (Å²) in [5.41, 5.74) is 1.77. The van der Waals surface area contributed by atoms with E-state index in [0.29, 0.717) is 28.3 Å². The van der Waals surface area contributed by atoms with Crippen LogP contribution in [-0.2, 0) is 0 Å². The predicted octanol–water partition coefficient (Wildman–Crippen LogP) is 2.97. The largest absolute Gasteiger partial charge is 0.508 e. The quantitative estimate of drug-likeness (QED) is 0.848. The van der Waals surface area contributed by atoms with Gasteiger partial charge >= 0.3 is 0 Å². The Morgan fingerprint density at radius 3 is 2.38 bits per heavy atom. The van der Waals surface area contributed by atoms with Gasteiger partial charge in [-0.2, -0.15) is 0 Å². The van der Waals surface area contributed by atoms with Crippen molar-refractivity contribution in [3.8, 4) is 17.2 Å². The van der Waals surface area contributed by atoms with Crippen LogP contribution in [0.25, 0.3) is 0 Å². The summed E-state index contributed by atoms with van der Waals surface area (Å²) >= 11 is 0. The van der Waals surface area contributed by atoms with E-state index in [4.69, 9.17) is 9.47 Å². The molecule has 1 amide bonds. The number of carbonyl (C=O) groups is 1. The standard InChI is InChI=1S/C16H17NO4/c1-10-8-12(5-6-13(10)18)17-16(19)11-4-7-14(20-2)15(9-11)21-3/h4-9,18H,1-3H3,(H,17,19). The van der Waals surface area contributed by atoms with Gasteiger partial charge in [0.25, 0.3) is 5.91 Å². The lowest BCUT2D eigenvalue weighted by molar-refractivity contribution is 0.102. The molecular formula is C16H17NO4. The summed E-state index contributed by atoms with van der Waals surface area (Å²) in [5.74, 6) is 0.988. The van der Waals surface area contributed by atoms with Gasteiger partial charge in [-0.05, 0) is 48.9 Å². The molecule has 0 saturated heterocycles. The van der Waals surface area contributed by atoms with E-state index in [-0.39, 0.29) is 11.7 Å². The summed E-state index contributed by atoms with van der Waals surface area (Å²) in [4.78, 5) is 12.2. The van der Waals surface area contributed by atoms with Gasteiger partial charge in [-0.1, -0.05) is 0 Å². The van der Waals surface area contributed by atoms with Crippen LogP contribution in [0.15, 0.2) is 36.4 Å². The van der Waals surface area contributed by atoms with E-state index >= 15 is 0 Å². The number of rotatable bonds is 4. The van der Waals surface area contributed by atoms with Gasteiger partial charge in [0, 0.05) is 11.3 Å². The highest BCUT2D eigenvalue weighted by Gasteiger charge is 2.11. The fourth-order valence-electron chi connectivity index (χ4n) is 1.91. The van der Waals surface area contributed by atoms with Crippen molar-refractivity contribution in [2.24, 2.45) is 0 Å². The number of methoxy groups -OCH3 is 2. The lowest BCUT2D eigenvalue weighted by Gasteiger charge is -2.10. The Balaban J connectivity index is 2.21. The van der Waals surface area contributed by atoms with Gasteiger partial charge in [0.15, 0.2) is 11.5 Å². The Kier molecular flexibility index (Phi) is 4.33. The summed E-state index contributed by atoms with van der Waals surface area (Å²) in [7, 11) is 3.06. The van der Waals surface area contributed by atoms with E-state index in [2.05, 4.69) is 5.32 Å². The third-order valence-electron chi connectivity index (χ3n) is 3.10. The van der Waals surface area contributed by atoms with Crippen LogP contribution in [0.5, 0.6) is 17.2 Å². The fourth-order valence-corrected chi connectivity index (χ4v) is 1.91. The number of nitrogens with one attached hydrogen (secondary N) is 1. The lowest BCUT2D eigenvalue weighted by Crippen LogP contribution is -2.12. The van der Waals surface area contributed by atoms with Gasteiger partial charge in [-0.3, -0.25) is 4.79 Å². The highest BCUT2D eigenvalue weighted by Crippen LogP contribution is 2.28. The Morgan fingerprint density at radius 1 is 1.05 bits per heavy atom. The van der Waals surface area contributed by atoms with Gasteiger partial charge in [-0.25, -0.2) is 0 Å². The summed E-state index contributed by atoms with van der Waals surface area (Å²) < 4.78 is 10.3. The number of anilines is 1. The topological polar surface area (TPSA) is 67.8 Å². The Hall–Kier alpha value is -2.69. The van der Waals surface area contributed by atoms with Crippen LogP contribution in [0.3, 0.4) is 0 Å². The van der Waals surface area contributed by atoms with E-state index in [1.165, 1.54) is 14.2 Å². The van der Waals surface area contributed by atoms with Gasteiger partial charge in [-0.15, -0.1) is 0 Å². The first kappa shape index (κ1) is 14.7. The maximum atomic E-state index is 12.2. The molecule has 0 atom stereocenters. The molecule has 0 saturated carbocycles. The first-order chi connectivity index (χ1) is 10.0. The Bertz CT molecular complexity index is 667. The highest BCUT2D eigenvalue weighted by molar-refractivity contribution is 6.04. The molecule has 0 spiro atoms. The molecule has 0 aliphatic heterocycles. The van der Waals surface area contributed by atoms with Crippen LogP contribution in [0.2, 0.25) is 0 Å². The van der Waals surface area contributed by atoms with Crippen molar-refractivity contribution in [1.29, 1.82) is 0 Å². The third-order valence-corrected chi connectivity index (χ3v) is 3.10. The van der Waals surface area contributed by atoms with Gasteiger partial charge in [0.2, 0.25) is 0 Å². The molecule has 110 valence electrons. The number of hydrogen-bond acceptors (Lipinski definition) is 4. The molecule has 5 heteroatoms. The second-order valence-electron chi connectivity index (χ2n) is 4.53. The molecule has 2 aromatic rings. The zero-order valence-corrected chi connectivity index (χ0v) is 12.1. The first-order valence-corrected chi connectivity index (χ1v) is 6.38. The Labute approximate surface area is 123 Å². The lowest BCUT2D eigenvalue weighted by atomic mass is 10.1. The average molecular weight is 287 g/mol. The number of hydrogen-bond donors (Lipinski definition) is 2. The monoisotopic (exact) mass is 287 g/mol. The highest BCUT2D eigenvalue weighted by atomic mass is 16.5. The third kappa shape index (κ3) is 3.25. The molecule has 5 nitrogen and oxygen atoms in total. The summed E-state index contributed by atoms with van der Waals surface area (Å²) in [6.07, 6.45) is 0. The molecular weight excluding hydrogens is 270 g/mol. The number of phenols is 1. The first-order valence-electron chi connectivity index (χ1n) is 6.38. The fraction of sp³-hybridized carbons (Fsp3) is 0.188. The van der Waals surface area contributed by atoms with Crippen molar-refractivity contribution in [2.45, 2.75) is 6.92 Å². The van der Waals surface area contributed by atoms with Gasteiger partial charge < -0.3 is 19.9 Å². The van der Waals surface area contributed by atoms with Gasteiger partial charge in [0.1, 0.15) is 5.75 Å². The average Bonchev–Trinajstić information content (AvgIpc) is 2.50. The number of benzene rings is 2. The summed E-state index contributed by atoms with van der Waals surface area (Å²) in [6.45, 7) is 1.77. The minimum Gasteiger partial charge on any atom is -0.508 e. The molecule has 0 aliphatic carbocycles. The van der Waals surface area contributed by atoms with E-state index in [1.54, 1.807) is 43.3 Å². The molecule has 0 radical (unpaired) electrons. The normalized spacial score (nSPS) is 10.0. The molecule has 0 aromatic heterocycles. The van der Waals surface area contributed by atoms with Crippen LogP contribution in [0.1, 0.15) is 15.9 Å². The van der Waals surface area contributed by atoms with Crippen molar-refractivity contribution in [3.05, 3.63) is 47.5 Å². The zero-order valence-electron chi connectivity index (χ0n) is 12.1. The minimum atomic E-state index is -0.263. The molecule has 0 heterocycles. The molecule has 21 heavy (non-hydrogen) atoms. The molecule has 2 rings (SSSR count). The maximum absolute atomic E-state index is 12.2. The number of aryl methyl sites for hydroxylation is 1. The molecule has 0 aliphatic rings. The molecule has 0 fully saturated rings. The van der Waals surface area contributed by atoms with Gasteiger partial charge in [0.05, 0.1) is 14.2 Å². The SMILES string of the molecule is COc1ccc(C(=O)Nc2ccc(O)c(C)c2)cc1OC. The van der Waals surface area contributed by atoms with Crippen LogP contribution in [-0.4, -0.2) is 25.2 Å². The summed E-state index contributed by atoms with van der Waals surface area (Å²) in [6, 6.07) is 9.83. The van der Waals surface area contributed by atoms with Crippen LogP contribution >= 0.6 is 0 Å². The molecule has 2 aromatic carbocycles. The second-order valence-corrected chi connectivity index (χ2v) is 4.53. The number of ether oxygens (including phenoxy) is 2. The number of carbonyl (C=O) groups excluding carboxylic acids is 1. The maximum Gasteiger partial charge on any atom is 0.255 e. The van der Waals surface area contributed by atoms with Crippen LogP contribution < -0.4 is 14.8 Å². The second kappa shape index (κ2) is 6.17. The molecule has 2 N–H and O–H groups in total. The predicted molar refractivity (Wildman–Crippen MR) is 80.3 cm³/mol. The van der Waals surface area contributed by atoms with E-state index in [1.807, 2.05) is 0 Å². The number of aromatic hydroxyl groups is 1. The van der Waals surface area contributed by atoms with Crippen molar-refractivity contribution < 1.29 is 19.4 Å². The number of phenolic OH excluding ortho intramolecular Hbond substituents is 1. The zero-order chi connectivity index (χ0) is 15.4. The van der Waals surface area contributed by atoms with E-state index in [0.717, 1.165) is 0 Å². The smallest absolute Gasteiger partial charge is 0.255 e. The number of amides is 1. The van der Waals surface area contributed by atoms with Crippen molar-refractivity contribution >= 4 is 11.6 Å². The molecule has 0 bridgehead atoms. The van der Waals surface area contributed by atoms with Crippen molar-refractivity contribution in [1.82, 2.24) is 0 Å². The van der Waals surface area contributed by atoms with Crippen LogP contribution in [0.4, 0.5) is 5.69 Å². The molecule has 0 unspecified atom stereocenters. The summed E-state index contributed by atoms with van der Waals surface area (Å²) in [5, 5.41) is 12.2. The minimum absolute atomic E-state index is 0.194. The van der Waals surface area contributed by atoms with Crippen molar-refractivity contribution in [3.63, 3.8) is 0 Å². The van der Waals surface area contributed by atoms with Crippen molar-refractivity contribution in [2.75, 3.05) is 19.5 Å². The van der Waals surface area contributed by atoms with E-state index < -0.39 is 0 Å².